The smallest absolute Gasteiger partial charge is 0.342 e. The minimum Gasteiger partial charge on any atom is -0.507 e. The van der Waals surface area contributed by atoms with E-state index >= 15 is 0 Å². The predicted octanol–water partition coefficient (Wildman–Crippen LogP) is 1.87. The standard InChI is InChI=1S/C15H19NO4/c1-11-6-5-7-12(14(11)18)15(19)20-10-13(17)16-8-3-2-4-9-16/h5-7,18H,2-4,8-10H2,1H3. The summed E-state index contributed by atoms with van der Waals surface area (Å²) in [6, 6.07) is 4.85. The topological polar surface area (TPSA) is 66.8 Å². The monoisotopic (exact) mass is 277 g/mol. The van der Waals surface area contributed by atoms with E-state index in [-0.39, 0.29) is 23.8 Å². The summed E-state index contributed by atoms with van der Waals surface area (Å²) in [7, 11) is 0. The van der Waals surface area contributed by atoms with Gasteiger partial charge < -0.3 is 14.7 Å². The fourth-order valence-electron chi connectivity index (χ4n) is 2.26. The van der Waals surface area contributed by atoms with Gasteiger partial charge in [0.1, 0.15) is 11.3 Å². The number of aryl methyl sites for hydroxylation is 1. The molecule has 0 atom stereocenters. The number of hydrogen-bond donors (Lipinski definition) is 1. The zero-order chi connectivity index (χ0) is 14.5. The fourth-order valence-corrected chi connectivity index (χ4v) is 2.26. The van der Waals surface area contributed by atoms with Gasteiger partial charge in [-0.1, -0.05) is 12.1 Å². The number of para-hydroxylation sites is 1. The van der Waals surface area contributed by atoms with E-state index in [1.807, 2.05) is 0 Å². The molecule has 0 radical (unpaired) electrons. The molecule has 0 unspecified atom stereocenters. The molecule has 1 N–H and O–H groups in total. The molecule has 0 saturated carbocycles. The Bertz CT molecular complexity index is 507. The van der Waals surface area contributed by atoms with Gasteiger partial charge in [-0.15, -0.1) is 0 Å². The number of nitrogens with zero attached hydrogens (tertiary/aromatic N) is 1. The molecule has 0 spiro atoms. The van der Waals surface area contributed by atoms with Crippen LogP contribution < -0.4 is 0 Å². The molecule has 5 heteroatoms. The first kappa shape index (κ1) is 14.4. The van der Waals surface area contributed by atoms with Crippen molar-refractivity contribution in [2.24, 2.45) is 0 Å². The van der Waals surface area contributed by atoms with Crippen LogP contribution >= 0.6 is 0 Å². The normalized spacial score (nSPS) is 14.9. The average Bonchev–Trinajstić information content (AvgIpc) is 2.48. The molecule has 1 aliphatic heterocycles. The molecule has 2 rings (SSSR count). The first-order valence-electron chi connectivity index (χ1n) is 6.83. The molecule has 20 heavy (non-hydrogen) atoms. The molecule has 1 aliphatic rings. The van der Waals surface area contributed by atoms with Crippen LogP contribution in [-0.4, -0.2) is 41.6 Å². The van der Waals surface area contributed by atoms with Crippen LogP contribution in [-0.2, 0) is 9.53 Å². The van der Waals surface area contributed by atoms with Gasteiger partial charge in [-0.2, -0.15) is 0 Å². The molecule has 108 valence electrons. The molecule has 5 nitrogen and oxygen atoms in total. The number of benzene rings is 1. The van der Waals surface area contributed by atoms with E-state index in [2.05, 4.69) is 0 Å². The second kappa shape index (κ2) is 6.41. The van der Waals surface area contributed by atoms with E-state index in [4.69, 9.17) is 4.74 Å². The minimum absolute atomic E-state index is 0.0939. The summed E-state index contributed by atoms with van der Waals surface area (Å²) < 4.78 is 4.99. The highest BCUT2D eigenvalue weighted by Gasteiger charge is 2.20. The summed E-state index contributed by atoms with van der Waals surface area (Å²) in [5, 5.41) is 9.79. The quantitative estimate of drug-likeness (QED) is 0.856. The first-order chi connectivity index (χ1) is 9.59. The minimum atomic E-state index is -0.670. The van der Waals surface area contributed by atoms with Crippen molar-refractivity contribution in [3.8, 4) is 5.75 Å². The fraction of sp³-hybridized carbons (Fsp3) is 0.467. The first-order valence-corrected chi connectivity index (χ1v) is 6.83. The van der Waals surface area contributed by atoms with Gasteiger partial charge in [0.15, 0.2) is 6.61 Å². The third-order valence-corrected chi connectivity index (χ3v) is 3.49. The lowest BCUT2D eigenvalue weighted by atomic mass is 10.1. The lowest BCUT2D eigenvalue weighted by Gasteiger charge is -2.26. The Labute approximate surface area is 118 Å². The van der Waals surface area contributed by atoms with Gasteiger partial charge in [0.25, 0.3) is 5.91 Å². The van der Waals surface area contributed by atoms with Crippen LogP contribution in [0.2, 0.25) is 0 Å². The van der Waals surface area contributed by atoms with E-state index < -0.39 is 5.97 Å². The summed E-state index contributed by atoms with van der Waals surface area (Å²) in [4.78, 5) is 25.4. The number of ether oxygens (including phenoxy) is 1. The number of hydrogen-bond acceptors (Lipinski definition) is 4. The molecule has 0 aromatic heterocycles. The van der Waals surface area contributed by atoms with Crippen molar-refractivity contribution in [3.63, 3.8) is 0 Å². The Kier molecular flexibility index (Phi) is 4.61. The summed E-state index contributed by atoms with van der Waals surface area (Å²) in [5.74, 6) is -0.940. The molecule has 0 aliphatic carbocycles. The molecule has 1 heterocycles. The van der Waals surface area contributed by atoms with Crippen LogP contribution in [0.4, 0.5) is 0 Å². The lowest BCUT2D eigenvalue weighted by Crippen LogP contribution is -2.38. The van der Waals surface area contributed by atoms with Crippen LogP contribution in [0.15, 0.2) is 18.2 Å². The van der Waals surface area contributed by atoms with Crippen molar-refractivity contribution in [1.29, 1.82) is 0 Å². The molecule has 1 saturated heterocycles. The second-order valence-corrected chi connectivity index (χ2v) is 4.99. The molecule has 1 fully saturated rings. The predicted molar refractivity (Wildman–Crippen MR) is 73.6 cm³/mol. The summed E-state index contributed by atoms with van der Waals surface area (Å²) in [6.45, 7) is 2.88. The van der Waals surface area contributed by atoms with Crippen molar-refractivity contribution in [2.45, 2.75) is 26.2 Å². The number of esters is 1. The number of phenols is 1. The van der Waals surface area contributed by atoms with E-state index in [0.717, 1.165) is 32.4 Å². The maximum absolute atomic E-state index is 11.9. The third kappa shape index (κ3) is 3.29. The number of carbonyl (C=O) groups excluding carboxylic acids is 2. The number of amides is 1. The Morgan fingerprint density at radius 3 is 2.65 bits per heavy atom. The van der Waals surface area contributed by atoms with Gasteiger partial charge >= 0.3 is 5.97 Å². The third-order valence-electron chi connectivity index (χ3n) is 3.49. The largest absolute Gasteiger partial charge is 0.507 e. The van der Waals surface area contributed by atoms with Gasteiger partial charge in [-0.3, -0.25) is 4.79 Å². The SMILES string of the molecule is Cc1cccc(C(=O)OCC(=O)N2CCCCC2)c1O. The van der Waals surface area contributed by atoms with E-state index in [0.29, 0.717) is 5.56 Å². The molecule has 1 aromatic rings. The molecular weight excluding hydrogens is 258 g/mol. The van der Waals surface area contributed by atoms with Crippen molar-refractivity contribution < 1.29 is 19.4 Å². The van der Waals surface area contributed by atoms with E-state index in [9.17, 15) is 14.7 Å². The van der Waals surface area contributed by atoms with Gasteiger partial charge in [0, 0.05) is 13.1 Å². The van der Waals surface area contributed by atoms with Crippen LogP contribution in [0, 0.1) is 6.92 Å². The highest BCUT2D eigenvalue weighted by Crippen LogP contribution is 2.22. The average molecular weight is 277 g/mol. The van der Waals surface area contributed by atoms with E-state index in [1.54, 1.807) is 24.0 Å². The van der Waals surface area contributed by atoms with Gasteiger partial charge in [0.05, 0.1) is 0 Å². The van der Waals surface area contributed by atoms with Crippen molar-refractivity contribution >= 4 is 11.9 Å². The van der Waals surface area contributed by atoms with Gasteiger partial charge in [-0.25, -0.2) is 4.79 Å². The van der Waals surface area contributed by atoms with Crippen molar-refractivity contribution in [2.75, 3.05) is 19.7 Å². The number of rotatable bonds is 3. The summed E-state index contributed by atoms with van der Waals surface area (Å²) in [6.07, 6.45) is 3.14. The van der Waals surface area contributed by atoms with Crippen LogP contribution in [0.25, 0.3) is 0 Å². The van der Waals surface area contributed by atoms with Crippen molar-refractivity contribution in [3.05, 3.63) is 29.3 Å². The number of piperidine rings is 1. The van der Waals surface area contributed by atoms with Gasteiger partial charge in [-0.05, 0) is 37.8 Å². The van der Waals surface area contributed by atoms with Crippen LogP contribution in [0.1, 0.15) is 35.2 Å². The highest BCUT2D eigenvalue weighted by molar-refractivity contribution is 5.94. The van der Waals surface area contributed by atoms with Crippen molar-refractivity contribution in [1.82, 2.24) is 4.90 Å². The summed E-state index contributed by atoms with van der Waals surface area (Å²) >= 11 is 0. The maximum atomic E-state index is 11.9. The number of likely N-dealkylation sites (tertiary alicyclic amines) is 1. The highest BCUT2D eigenvalue weighted by atomic mass is 16.5. The zero-order valence-electron chi connectivity index (χ0n) is 11.6. The molecule has 0 bridgehead atoms. The Hall–Kier alpha value is -2.04. The number of phenolic OH excluding ortho intramolecular Hbond substituents is 1. The van der Waals surface area contributed by atoms with Crippen LogP contribution in [0.5, 0.6) is 5.75 Å². The number of aromatic hydroxyl groups is 1. The van der Waals surface area contributed by atoms with Gasteiger partial charge in [0.2, 0.25) is 0 Å². The summed E-state index contributed by atoms with van der Waals surface area (Å²) in [5.41, 5.74) is 0.693. The molecular formula is C15H19NO4. The Morgan fingerprint density at radius 1 is 1.25 bits per heavy atom. The second-order valence-electron chi connectivity index (χ2n) is 4.99. The molecule has 1 amide bonds. The van der Waals surface area contributed by atoms with Crippen LogP contribution in [0.3, 0.4) is 0 Å². The van der Waals surface area contributed by atoms with E-state index in [1.165, 1.54) is 6.07 Å². The zero-order valence-corrected chi connectivity index (χ0v) is 11.6. The number of carbonyl (C=O) groups is 2. The maximum Gasteiger partial charge on any atom is 0.342 e. The lowest BCUT2D eigenvalue weighted by molar-refractivity contribution is -0.135. The Balaban J connectivity index is 1.91. The molecule has 1 aromatic carbocycles. The Morgan fingerprint density at radius 2 is 1.95 bits per heavy atom.